The summed E-state index contributed by atoms with van der Waals surface area (Å²) < 4.78 is 0. The van der Waals surface area contributed by atoms with E-state index in [0.29, 0.717) is 17.2 Å². The molecule has 14 heavy (non-hydrogen) atoms. The zero-order valence-electron chi connectivity index (χ0n) is 7.33. The van der Waals surface area contributed by atoms with Crippen LogP contribution in [0.2, 0.25) is 0 Å². The number of hydrogen-bond acceptors (Lipinski definition) is 5. The molecule has 5 heteroatoms. The molecule has 2 heterocycles. The van der Waals surface area contributed by atoms with Gasteiger partial charge in [0.2, 0.25) is 0 Å². The fraction of sp³-hybridized carbons (Fsp3) is 0.111. The average Bonchev–Trinajstić information content (AvgIpc) is 2.30. The van der Waals surface area contributed by atoms with E-state index >= 15 is 0 Å². The first-order valence-electron chi connectivity index (χ1n) is 4.09. The van der Waals surface area contributed by atoms with Crippen molar-refractivity contribution in [1.82, 2.24) is 19.9 Å². The van der Waals surface area contributed by atoms with Crippen LogP contribution in [0.5, 0.6) is 0 Å². The summed E-state index contributed by atoms with van der Waals surface area (Å²) in [7, 11) is 0. The third-order valence-corrected chi connectivity index (χ3v) is 1.65. The van der Waals surface area contributed by atoms with Gasteiger partial charge in [-0.2, -0.15) is 0 Å². The van der Waals surface area contributed by atoms with Gasteiger partial charge in [0, 0.05) is 30.4 Å². The minimum atomic E-state index is -0.0596. The van der Waals surface area contributed by atoms with Crippen molar-refractivity contribution in [3.8, 4) is 11.6 Å². The Bertz CT molecular complexity index is 401. The number of hydrogen-bond donors (Lipinski definition) is 1. The fourth-order valence-electron chi connectivity index (χ4n) is 0.966. The van der Waals surface area contributed by atoms with Crippen LogP contribution in [-0.4, -0.2) is 25.0 Å². The lowest BCUT2D eigenvalue weighted by atomic mass is 10.3. The van der Waals surface area contributed by atoms with Gasteiger partial charge in [-0.05, 0) is 6.07 Å². The Morgan fingerprint density at radius 1 is 0.929 bits per heavy atom. The SMILES string of the molecule is OCc1cnc(-c2ncccn2)nc1. The van der Waals surface area contributed by atoms with Gasteiger partial charge in [0.15, 0.2) is 11.6 Å². The van der Waals surface area contributed by atoms with Crippen molar-refractivity contribution in [2.24, 2.45) is 0 Å². The highest BCUT2D eigenvalue weighted by Crippen LogP contribution is 2.06. The minimum Gasteiger partial charge on any atom is -0.392 e. The predicted molar refractivity (Wildman–Crippen MR) is 49.0 cm³/mol. The molecule has 0 spiro atoms. The van der Waals surface area contributed by atoms with Crippen molar-refractivity contribution in [2.45, 2.75) is 6.61 Å². The maximum Gasteiger partial charge on any atom is 0.197 e. The highest BCUT2D eigenvalue weighted by Gasteiger charge is 2.02. The van der Waals surface area contributed by atoms with Crippen LogP contribution >= 0.6 is 0 Å². The summed E-state index contributed by atoms with van der Waals surface area (Å²) in [5.41, 5.74) is 0.671. The molecule has 0 aliphatic heterocycles. The van der Waals surface area contributed by atoms with E-state index in [2.05, 4.69) is 19.9 Å². The summed E-state index contributed by atoms with van der Waals surface area (Å²) in [6, 6.07) is 1.73. The molecule has 0 aliphatic rings. The molecule has 5 nitrogen and oxygen atoms in total. The molecule has 0 amide bonds. The molecule has 1 N–H and O–H groups in total. The van der Waals surface area contributed by atoms with Crippen molar-refractivity contribution >= 4 is 0 Å². The van der Waals surface area contributed by atoms with Crippen LogP contribution in [-0.2, 0) is 6.61 Å². The molecule has 0 fully saturated rings. The first-order valence-corrected chi connectivity index (χ1v) is 4.09. The summed E-state index contributed by atoms with van der Waals surface area (Å²) in [6.45, 7) is -0.0596. The van der Waals surface area contributed by atoms with E-state index in [1.807, 2.05) is 0 Å². The minimum absolute atomic E-state index is 0.0596. The smallest absolute Gasteiger partial charge is 0.197 e. The number of aromatic nitrogens is 4. The second-order valence-corrected chi connectivity index (χ2v) is 2.65. The van der Waals surface area contributed by atoms with Crippen LogP contribution in [0.25, 0.3) is 11.6 Å². The van der Waals surface area contributed by atoms with Crippen molar-refractivity contribution in [1.29, 1.82) is 0 Å². The van der Waals surface area contributed by atoms with Crippen LogP contribution < -0.4 is 0 Å². The maximum atomic E-state index is 8.79. The summed E-state index contributed by atoms with van der Waals surface area (Å²) in [5, 5.41) is 8.79. The molecule has 0 aromatic carbocycles. The van der Waals surface area contributed by atoms with Gasteiger partial charge < -0.3 is 5.11 Å². The van der Waals surface area contributed by atoms with E-state index in [1.165, 1.54) is 0 Å². The summed E-state index contributed by atoms with van der Waals surface area (Å²) in [5.74, 6) is 0.944. The molecule has 0 bridgehead atoms. The number of nitrogens with zero attached hydrogens (tertiary/aromatic N) is 4. The van der Waals surface area contributed by atoms with E-state index in [9.17, 15) is 0 Å². The molecule has 0 radical (unpaired) electrons. The monoisotopic (exact) mass is 188 g/mol. The van der Waals surface area contributed by atoms with Crippen LogP contribution in [0.15, 0.2) is 30.9 Å². The summed E-state index contributed by atoms with van der Waals surface area (Å²) >= 11 is 0. The summed E-state index contributed by atoms with van der Waals surface area (Å²) in [4.78, 5) is 16.1. The first-order chi connectivity index (χ1) is 6.90. The van der Waals surface area contributed by atoms with Gasteiger partial charge in [0.05, 0.1) is 6.61 Å². The number of aliphatic hydroxyl groups is 1. The normalized spacial score (nSPS) is 10.1. The highest BCUT2D eigenvalue weighted by molar-refractivity contribution is 5.41. The molecular weight excluding hydrogens is 180 g/mol. The standard InChI is InChI=1S/C9H8N4O/c14-6-7-4-12-9(13-5-7)8-10-2-1-3-11-8/h1-5,14H,6H2. The second kappa shape index (κ2) is 3.89. The van der Waals surface area contributed by atoms with Crippen LogP contribution in [0.1, 0.15) is 5.56 Å². The van der Waals surface area contributed by atoms with E-state index in [4.69, 9.17) is 5.11 Å². The molecular formula is C9H8N4O. The Balaban J connectivity index is 2.34. The van der Waals surface area contributed by atoms with Crippen molar-refractivity contribution < 1.29 is 5.11 Å². The third kappa shape index (κ3) is 1.72. The van der Waals surface area contributed by atoms with Gasteiger partial charge in [-0.3, -0.25) is 0 Å². The Hall–Kier alpha value is -1.88. The van der Waals surface area contributed by atoms with Crippen LogP contribution in [0.4, 0.5) is 0 Å². The van der Waals surface area contributed by atoms with Gasteiger partial charge >= 0.3 is 0 Å². The van der Waals surface area contributed by atoms with E-state index < -0.39 is 0 Å². The fourth-order valence-corrected chi connectivity index (χ4v) is 0.966. The molecule has 2 aromatic rings. The lowest BCUT2D eigenvalue weighted by Crippen LogP contribution is -1.95. The van der Waals surface area contributed by atoms with E-state index in [0.717, 1.165) is 0 Å². The van der Waals surface area contributed by atoms with E-state index in [-0.39, 0.29) is 6.61 Å². The quantitative estimate of drug-likeness (QED) is 0.739. The maximum absolute atomic E-state index is 8.79. The molecule has 0 saturated carbocycles. The van der Waals surface area contributed by atoms with Gasteiger partial charge in [-0.1, -0.05) is 0 Å². The largest absolute Gasteiger partial charge is 0.392 e. The summed E-state index contributed by atoms with van der Waals surface area (Å²) in [6.07, 6.45) is 6.37. The van der Waals surface area contributed by atoms with Gasteiger partial charge in [0.1, 0.15) is 0 Å². The topological polar surface area (TPSA) is 71.8 Å². The first kappa shape index (κ1) is 8.71. The molecule has 2 rings (SSSR count). The lowest BCUT2D eigenvalue weighted by molar-refractivity contribution is 0.281. The van der Waals surface area contributed by atoms with Crippen molar-refractivity contribution in [3.63, 3.8) is 0 Å². The molecule has 70 valence electrons. The molecule has 2 aromatic heterocycles. The Morgan fingerprint density at radius 2 is 1.50 bits per heavy atom. The second-order valence-electron chi connectivity index (χ2n) is 2.65. The zero-order chi connectivity index (χ0) is 9.80. The van der Waals surface area contributed by atoms with Crippen molar-refractivity contribution in [3.05, 3.63) is 36.4 Å². The molecule has 0 unspecified atom stereocenters. The molecule has 0 atom stereocenters. The molecule has 0 saturated heterocycles. The highest BCUT2D eigenvalue weighted by atomic mass is 16.3. The van der Waals surface area contributed by atoms with Crippen LogP contribution in [0.3, 0.4) is 0 Å². The van der Waals surface area contributed by atoms with Gasteiger partial charge in [-0.25, -0.2) is 19.9 Å². The Morgan fingerprint density at radius 3 is 2.07 bits per heavy atom. The molecule has 0 aliphatic carbocycles. The lowest BCUT2D eigenvalue weighted by Gasteiger charge is -1.97. The van der Waals surface area contributed by atoms with Gasteiger partial charge in [0.25, 0.3) is 0 Å². The van der Waals surface area contributed by atoms with Crippen LogP contribution in [0, 0.1) is 0 Å². The van der Waals surface area contributed by atoms with E-state index in [1.54, 1.807) is 30.9 Å². The van der Waals surface area contributed by atoms with Crippen molar-refractivity contribution in [2.75, 3.05) is 0 Å². The predicted octanol–water partition coefficient (Wildman–Crippen LogP) is 0.426. The number of aliphatic hydroxyl groups excluding tert-OH is 1. The Kier molecular flexibility index (Phi) is 2.42. The average molecular weight is 188 g/mol. The third-order valence-electron chi connectivity index (χ3n) is 1.65. The van der Waals surface area contributed by atoms with Gasteiger partial charge in [-0.15, -0.1) is 0 Å². The zero-order valence-corrected chi connectivity index (χ0v) is 7.33. The Labute approximate surface area is 80.5 Å². The number of rotatable bonds is 2.